The molecule has 1 unspecified atom stereocenters. The van der Waals surface area contributed by atoms with Gasteiger partial charge in [-0.3, -0.25) is 4.79 Å². The Morgan fingerprint density at radius 2 is 1.90 bits per heavy atom. The molecule has 0 radical (unpaired) electrons. The number of rotatable bonds is 10. The molecule has 0 aliphatic heterocycles. The third-order valence-electron chi connectivity index (χ3n) is 2.86. The third kappa shape index (κ3) is 5.87. The van der Waals surface area contributed by atoms with Crippen molar-refractivity contribution in [1.82, 2.24) is 4.90 Å². The minimum absolute atomic E-state index is 0.0420. The monoisotopic (exact) mass is 293 g/mol. The highest BCUT2D eigenvalue weighted by Crippen LogP contribution is 2.26. The number of aliphatic hydroxyl groups is 1. The Hall–Kier alpha value is -2.01. The predicted molar refractivity (Wildman–Crippen MR) is 81.5 cm³/mol. The summed E-state index contributed by atoms with van der Waals surface area (Å²) in [5, 5.41) is 9.95. The lowest BCUT2D eigenvalue weighted by atomic mass is 10.3. The molecule has 116 valence electrons. The largest absolute Gasteiger partial charge is 0.487 e. The quantitative estimate of drug-likeness (QED) is 0.528. The van der Waals surface area contributed by atoms with Crippen LogP contribution in [0.3, 0.4) is 0 Å². The van der Waals surface area contributed by atoms with Gasteiger partial charge in [0.2, 0.25) is 6.41 Å². The summed E-state index contributed by atoms with van der Waals surface area (Å²) in [6, 6.07) is 7.27. The van der Waals surface area contributed by atoms with Crippen LogP contribution in [0.25, 0.3) is 0 Å². The number of benzene rings is 1. The third-order valence-corrected chi connectivity index (χ3v) is 2.86. The maximum Gasteiger partial charge on any atom is 0.210 e. The Balaban J connectivity index is 2.54. The molecule has 1 N–H and O–H groups in total. The molecule has 5 heteroatoms. The highest BCUT2D eigenvalue weighted by molar-refractivity contribution is 5.47. The number of hydrogen-bond donors (Lipinski definition) is 1. The second kappa shape index (κ2) is 9.02. The second-order valence-corrected chi connectivity index (χ2v) is 4.91. The zero-order chi connectivity index (χ0) is 15.7. The predicted octanol–water partition coefficient (Wildman–Crippen LogP) is 1.86. The first-order valence-electron chi connectivity index (χ1n) is 6.93. The van der Waals surface area contributed by atoms with Crippen LogP contribution < -0.4 is 9.47 Å². The Bertz CT molecular complexity index is 448. The standard InChI is InChI=1S/C16H23NO4/c1-4-9-20-15-7-5-6-8-16(15)21-11-14(19)10-17(12-18)13(2)3/h4-8,12-14,19H,1,9-11H2,2-3H3. The second-order valence-electron chi connectivity index (χ2n) is 4.91. The number of amides is 1. The fraction of sp³-hybridized carbons (Fsp3) is 0.438. The summed E-state index contributed by atoms with van der Waals surface area (Å²) in [6.45, 7) is 8.08. The van der Waals surface area contributed by atoms with Gasteiger partial charge in [0.05, 0.1) is 0 Å². The number of carbonyl (C=O) groups excluding carboxylic acids is 1. The van der Waals surface area contributed by atoms with Gasteiger partial charge in [-0.25, -0.2) is 0 Å². The Morgan fingerprint density at radius 3 is 2.43 bits per heavy atom. The van der Waals surface area contributed by atoms with Crippen molar-refractivity contribution in [1.29, 1.82) is 0 Å². The van der Waals surface area contributed by atoms with Crippen molar-refractivity contribution >= 4 is 6.41 Å². The van der Waals surface area contributed by atoms with E-state index >= 15 is 0 Å². The van der Waals surface area contributed by atoms with Crippen LogP contribution in [-0.2, 0) is 4.79 Å². The van der Waals surface area contributed by atoms with E-state index in [1.54, 1.807) is 18.2 Å². The van der Waals surface area contributed by atoms with Crippen LogP contribution in [0, 0.1) is 0 Å². The molecule has 1 aromatic carbocycles. The maximum atomic E-state index is 10.9. The van der Waals surface area contributed by atoms with Crippen LogP contribution in [0.4, 0.5) is 0 Å². The Labute approximate surface area is 125 Å². The van der Waals surface area contributed by atoms with Crippen molar-refractivity contribution in [3.05, 3.63) is 36.9 Å². The van der Waals surface area contributed by atoms with Crippen molar-refractivity contribution in [3.63, 3.8) is 0 Å². The average Bonchev–Trinajstić information content (AvgIpc) is 2.48. The van der Waals surface area contributed by atoms with E-state index in [0.29, 0.717) is 18.1 Å². The fourth-order valence-electron chi connectivity index (χ4n) is 1.69. The van der Waals surface area contributed by atoms with Crippen molar-refractivity contribution in [2.45, 2.75) is 26.0 Å². The minimum atomic E-state index is -0.759. The molecule has 0 saturated heterocycles. The van der Waals surface area contributed by atoms with Crippen molar-refractivity contribution in [2.24, 2.45) is 0 Å². The normalized spacial score (nSPS) is 11.8. The number of nitrogens with zero attached hydrogens (tertiary/aromatic N) is 1. The van der Waals surface area contributed by atoms with Gasteiger partial charge in [0.15, 0.2) is 11.5 Å². The molecule has 0 spiro atoms. The molecule has 0 aliphatic rings. The van der Waals surface area contributed by atoms with E-state index < -0.39 is 6.10 Å². The summed E-state index contributed by atoms with van der Waals surface area (Å²) in [7, 11) is 0. The molecule has 0 saturated carbocycles. The highest BCUT2D eigenvalue weighted by Gasteiger charge is 2.14. The zero-order valence-corrected chi connectivity index (χ0v) is 12.6. The van der Waals surface area contributed by atoms with Crippen LogP contribution in [0.1, 0.15) is 13.8 Å². The summed E-state index contributed by atoms with van der Waals surface area (Å²) in [5.41, 5.74) is 0. The molecule has 0 bridgehead atoms. The van der Waals surface area contributed by atoms with Gasteiger partial charge >= 0.3 is 0 Å². The van der Waals surface area contributed by atoms with E-state index in [4.69, 9.17) is 9.47 Å². The molecule has 21 heavy (non-hydrogen) atoms. The summed E-state index contributed by atoms with van der Waals surface area (Å²) in [5.74, 6) is 1.15. The number of para-hydroxylation sites is 2. The van der Waals surface area contributed by atoms with Gasteiger partial charge in [-0.05, 0) is 26.0 Å². The molecule has 1 rings (SSSR count). The number of carbonyl (C=O) groups is 1. The van der Waals surface area contributed by atoms with Crippen LogP contribution >= 0.6 is 0 Å². The maximum absolute atomic E-state index is 10.9. The lowest BCUT2D eigenvalue weighted by molar-refractivity contribution is -0.121. The molecule has 0 aliphatic carbocycles. The van der Waals surface area contributed by atoms with Crippen LogP contribution in [0.15, 0.2) is 36.9 Å². The number of hydrogen-bond acceptors (Lipinski definition) is 4. The molecular weight excluding hydrogens is 270 g/mol. The van der Waals surface area contributed by atoms with E-state index in [1.807, 2.05) is 26.0 Å². The van der Waals surface area contributed by atoms with Gasteiger partial charge in [0.25, 0.3) is 0 Å². The molecule has 0 fully saturated rings. The van der Waals surface area contributed by atoms with Crippen molar-refractivity contribution in [3.8, 4) is 11.5 Å². The highest BCUT2D eigenvalue weighted by atomic mass is 16.5. The van der Waals surface area contributed by atoms with Gasteiger partial charge in [-0.15, -0.1) is 0 Å². The van der Waals surface area contributed by atoms with Crippen LogP contribution in [0.2, 0.25) is 0 Å². The summed E-state index contributed by atoms with van der Waals surface area (Å²) >= 11 is 0. The minimum Gasteiger partial charge on any atom is -0.487 e. The molecule has 5 nitrogen and oxygen atoms in total. The summed E-state index contributed by atoms with van der Waals surface area (Å²) in [6.07, 6.45) is 1.62. The molecular formula is C16H23NO4. The van der Waals surface area contributed by atoms with Gasteiger partial charge in [-0.2, -0.15) is 0 Å². The Morgan fingerprint density at radius 1 is 1.29 bits per heavy atom. The number of aliphatic hydroxyl groups excluding tert-OH is 1. The van der Waals surface area contributed by atoms with E-state index in [-0.39, 0.29) is 19.2 Å². The first-order valence-corrected chi connectivity index (χ1v) is 6.93. The van der Waals surface area contributed by atoms with Crippen molar-refractivity contribution in [2.75, 3.05) is 19.8 Å². The van der Waals surface area contributed by atoms with Gasteiger partial charge in [0, 0.05) is 12.6 Å². The van der Waals surface area contributed by atoms with E-state index in [9.17, 15) is 9.90 Å². The lowest BCUT2D eigenvalue weighted by Gasteiger charge is -2.24. The molecule has 0 heterocycles. The molecule has 1 amide bonds. The average molecular weight is 293 g/mol. The lowest BCUT2D eigenvalue weighted by Crippen LogP contribution is -2.38. The summed E-state index contributed by atoms with van der Waals surface area (Å²) in [4.78, 5) is 12.4. The molecule has 0 aromatic heterocycles. The van der Waals surface area contributed by atoms with E-state index in [0.717, 1.165) is 6.41 Å². The van der Waals surface area contributed by atoms with Crippen molar-refractivity contribution < 1.29 is 19.4 Å². The van der Waals surface area contributed by atoms with Crippen LogP contribution in [0.5, 0.6) is 11.5 Å². The first-order chi connectivity index (χ1) is 10.1. The van der Waals surface area contributed by atoms with Gasteiger partial charge < -0.3 is 19.5 Å². The molecule has 1 atom stereocenters. The smallest absolute Gasteiger partial charge is 0.210 e. The van der Waals surface area contributed by atoms with Gasteiger partial charge in [0.1, 0.15) is 19.3 Å². The fourth-order valence-corrected chi connectivity index (χ4v) is 1.69. The van der Waals surface area contributed by atoms with E-state index in [1.165, 1.54) is 4.90 Å². The molecule has 1 aromatic rings. The topological polar surface area (TPSA) is 59.0 Å². The van der Waals surface area contributed by atoms with E-state index in [2.05, 4.69) is 6.58 Å². The summed E-state index contributed by atoms with van der Waals surface area (Å²) < 4.78 is 11.0. The Kier molecular flexibility index (Phi) is 7.32. The zero-order valence-electron chi connectivity index (χ0n) is 12.6. The first kappa shape index (κ1) is 17.0. The van der Waals surface area contributed by atoms with Crippen LogP contribution in [-0.4, -0.2) is 48.3 Å². The van der Waals surface area contributed by atoms with Gasteiger partial charge in [-0.1, -0.05) is 24.8 Å². The SMILES string of the molecule is C=CCOc1ccccc1OCC(O)CN(C=O)C(C)C. The number of ether oxygens (including phenoxy) is 2.